The number of nitrogens with one attached hydrogen (secondary N) is 1. The normalized spacial score (nSPS) is 11.3. The van der Waals surface area contributed by atoms with Crippen molar-refractivity contribution >= 4 is 17.2 Å². The van der Waals surface area contributed by atoms with Gasteiger partial charge in [0.25, 0.3) is 5.91 Å². The van der Waals surface area contributed by atoms with E-state index in [4.69, 9.17) is 0 Å². The van der Waals surface area contributed by atoms with Gasteiger partial charge in [0, 0.05) is 23.6 Å². The van der Waals surface area contributed by atoms with Gasteiger partial charge < -0.3 is 5.32 Å². The van der Waals surface area contributed by atoms with Crippen LogP contribution in [0.5, 0.6) is 0 Å². The lowest BCUT2D eigenvalue weighted by Gasteiger charge is -2.18. The van der Waals surface area contributed by atoms with E-state index in [1.165, 1.54) is 5.56 Å². The van der Waals surface area contributed by atoms with Gasteiger partial charge in [-0.2, -0.15) is 5.10 Å². The maximum atomic E-state index is 12.7. The summed E-state index contributed by atoms with van der Waals surface area (Å²) in [6, 6.07) is 9.91. The van der Waals surface area contributed by atoms with E-state index in [-0.39, 0.29) is 5.91 Å². The van der Waals surface area contributed by atoms with Crippen molar-refractivity contribution < 1.29 is 4.79 Å². The molecule has 2 aromatic heterocycles. The monoisotopic (exact) mass is 351 g/mol. The van der Waals surface area contributed by atoms with Crippen molar-refractivity contribution in [3.05, 3.63) is 59.0 Å². The van der Waals surface area contributed by atoms with Crippen LogP contribution < -0.4 is 5.32 Å². The fourth-order valence-corrected chi connectivity index (χ4v) is 3.08. The minimum Gasteiger partial charge on any atom is -0.322 e. The van der Waals surface area contributed by atoms with E-state index in [9.17, 15) is 4.79 Å². The number of nitrogens with zero attached hydrogens (tertiary/aromatic N) is 4. The van der Waals surface area contributed by atoms with E-state index in [0.29, 0.717) is 11.2 Å². The number of aromatic nitrogens is 3. The van der Waals surface area contributed by atoms with Crippen LogP contribution in [0.1, 0.15) is 41.2 Å². The molecule has 0 atom stereocenters. The molecule has 2 heterocycles. The number of fused-ring (bicyclic) bond motifs is 1. The van der Waals surface area contributed by atoms with Crippen molar-refractivity contribution in [3.63, 3.8) is 0 Å². The number of hydrogen-bond donors (Lipinski definition) is 1. The number of aryl methyl sites for hydroxylation is 2. The SMILES string of the molecule is CCN(CC)Cc1cccc(NC(=O)c2cnn3c(C)cc(C)nc23)c1. The smallest absolute Gasteiger partial charge is 0.261 e. The summed E-state index contributed by atoms with van der Waals surface area (Å²) in [6.45, 7) is 11.0. The standard InChI is InChI=1S/C20H25N5O/c1-5-24(6-2)13-16-8-7-9-17(11-16)23-20(26)18-12-21-25-15(4)10-14(3)22-19(18)25/h7-12H,5-6,13H2,1-4H3,(H,23,26). The quantitative estimate of drug-likeness (QED) is 0.739. The van der Waals surface area contributed by atoms with Crippen LogP contribution in [-0.2, 0) is 6.54 Å². The average Bonchev–Trinajstić information content (AvgIpc) is 3.04. The Morgan fingerprint density at radius 2 is 1.96 bits per heavy atom. The minimum atomic E-state index is -0.197. The van der Waals surface area contributed by atoms with E-state index in [0.717, 1.165) is 36.7 Å². The highest BCUT2D eigenvalue weighted by Gasteiger charge is 2.16. The van der Waals surface area contributed by atoms with Gasteiger partial charge in [0.05, 0.1) is 6.20 Å². The average molecular weight is 351 g/mol. The second kappa shape index (κ2) is 7.66. The lowest BCUT2D eigenvalue weighted by molar-refractivity contribution is 0.102. The zero-order valence-electron chi connectivity index (χ0n) is 15.8. The first-order chi connectivity index (χ1) is 12.5. The molecule has 6 nitrogen and oxygen atoms in total. The van der Waals surface area contributed by atoms with Gasteiger partial charge >= 0.3 is 0 Å². The van der Waals surface area contributed by atoms with Crippen LogP contribution in [0.2, 0.25) is 0 Å². The second-order valence-electron chi connectivity index (χ2n) is 6.45. The molecule has 136 valence electrons. The van der Waals surface area contributed by atoms with Crippen LogP contribution in [0.25, 0.3) is 5.65 Å². The molecule has 1 N–H and O–H groups in total. The Kier molecular flexibility index (Phi) is 5.32. The molecule has 0 saturated heterocycles. The summed E-state index contributed by atoms with van der Waals surface area (Å²) in [6.07, 6.45) is 1.57. The van der Waals surface area contributed by atoms with Crippen molar-refractivity contribution in [2.45, 2.75) is 34.2 Å². The number of anilines is 1. The largest absolute Gasteiger partial charge is 0.322 e. The number of amides is 1. The summed E-state index contributed by atoms with van der Waals surface area (Å²) in [5, 5.41) is 7.26. The maximum Gasteiger partial charge on any atom is 0.261 e. The number of carbonyl (C=O) groups is 1. The van der Waals surface area contributed by atoms with Gasteiger partial charge in [-0.25, -0.2) is 9.50 Å². The fourth-order valence-electron chi connectivity index (χ4n) is 3.08. The summed E-state index contributed by atoms with van der Waals surface area (Å²) < 4.78 is 1.69. The minimum absolute atomic E-state index is 0.197. The molecule has 0 aliphatic rings. The number of carbonyl (C=O) groups excluding carboxylic acids is 1. The molecular weight excluding hydrogens is 326 g/mol. The Bertz CT molecular complexity index is 927. The summed E-state index contributed by atoms with van der Waals surface area (Å²) in [5.74, 6) is -0.197. The zero-order valence-corrected chi connectivity index (χ0v) is 15.8. The third-order valence-corrected chi connectivity index (χ3v) is 4.51. The molecule has 0 saturated carbocycles. The second-order valence-corrected chi connectivity index (χ2v) is 6.45. The molecule has 0 aliphatic heterocycles. The summed E-state index contributed by atoms with van der Waals surface area (Å²) in [5.41, 5.74) is 4.84. The molecule has 0 aliphatic carbocycles. The molecule has 0 unspecified atom stereocenters. The first-order valence-electron chi connectivity index (χ1n) is 8.96. The predicted molar refractivity (Wildman–Crippen MR) is 103 cm³/mol. The molecule has 1 aromatic carbocycles. The molecule has 3 rings (SSSR count). The summed E-state index contributed by atoms with van der Waals surface area (Å²) in [7, 11) is 0. The number of benzene rings is 1. The van der Waals surface area contributed by atoms with Crippen molar-refractivity contribution in [2.24, 2.45) is 0 Å². The highest BCUT2D eigenvalue weighted by atomic mass is 16.1. The van der Waals surface area contributed by atoms with Crippen molar-refractivity contribution in [3.8, 4) is 0 Å². The molecule has 1 amide bonds. The van der Waals surface area contributed by atoms with Gasteiger partial charge in [-0.1, -0.05) is 26.0 Å². The Morgan fingerprint density at radius 3 is 2.69 bits per heavy atom. The lowest BCUT2D eigenvalue weighted by atomic mass is 10.1. The number of hydrogen-bond acceptors (Lipinski definition) is 4. The Balaban J connectivity index is 1.82. The Labute approximate surface area is 153 Å². The predicted octanol–water partition coefficient (Wildman–Crippen LogP) is 3.44. The molecule has 0 radical (unpaired) electrons. The zero-order chi connectivity index (χ0) is 18.7. The maximum absolute atomic E-state index is 12.7. The molecule has 0 fully saturated rings. The summed E-state index contributed by atoms with van der Waals surface area (Å²) in [4.78, 5) is 19.5. The third-order valence-electron chi connectivity index (χ3n) is 4.51. The Morgan fingerprint density at radius 1 is 1.19 bits per heavy atom. The van der Waals surface area contributed by atoms with Crippen LogP contribution in [0.3, 0.4) is 0 Å². The lowest BCUT2D eigenvalue weighted by Crippen LogP contribution is -2.22. The van der Waals surface area contributed by atoms with Gasteiger partial charge in [-0.05, 0) is 50.7 Å². The van der Waals surface area contributed by atoms with Crippen molar-refractivity contribution in [2.75, 3.05) is 18.4 Å². The van der Waals surface area contributed by atoms with Crippen LogP contribution in [0.4, 0.5) is 5.69 Å². The van der Waals surface area contributed by atoms with Gasteiger partial charge in [-0.3, -0.25) is 9.69 Å². The number of rotatable bonds is 6. The van der Waals surface area contributed by atoms with Gasteiger partial charge in [0.2, 0.25) is 0 Å². The molecule has 3 aromatic rings. The molecule has 0 bridgehead atoms. The molecule has 6 heteroatoms. The van der Waals surface area contributed by atoms with Crippen molar-refractivity contribution in [1.29, 1.82) is 0 Å². The van der Waals surface area contributed by atoms with E-state index < -0.39 is 0 Å². The van der Waals surface area contributed by atoms with E-state index in [1.54, 1.807) is 10.7 Å². The first kappa shape index (κ1) is 18.1. The Hall–Kier alpha value is -2.73. The highest BCUT2D eigenvalue weighted by Crippen LogP contribution is 2.17. The summed E-state index contributed by atoms with van der Waals surface area (Å²) >= 11 is 0. The molecular formula is C20H25N5O. The van der Waals surface area contributed by atoms with Gasteiger partial charge in [0.15, 0.2) is 5.65 Å². The highest BCUT2D eigenvalue weighted by molar-refractivity contribution is 6.08. The van der Waals surface area contributed by atoms with Crippen LogP contribution in [-0.4, -0.2) is 38.5 Å². The van der Waals surface area contributed by atoms with Gasteiger partial charge in [0.1, 0.15) is 5.56 Å². The van der Waals surface area contributed by atoms with Crippen molar-refractivity contribution in [1.82, 2.24) is 19.5 Å². The fraction of sp³-hybridized carbons (Fsp3) is 0.350. The van der Waals surface area contributed by atoms with Crippen LogP contribution >= 0.6 is 0 Å². The van der Waals surface area contributed by atoms with Crippen LogP contribution in [0, 0.1) is 13.8 Å². The first-order valence-corrected chi connectivity index (χ1v) is 8.96. The third kappa shape index (κ3) is 3.75. The van der Waals surface area contributed by atoms with E-state index >= 15 is 0 Å². The van der Waals surface area contributed by atoms with Gasteiger partial charge in [-0.15, -0.1) is 0 Å². The molecule has 26 heavy (non-hydrogen) atoms. The van der Waals surface area contributed by atoms with E-state index in [1.807, 2.05) is 38.1 Å². The molecule has 0 spiro atoms. The van der Waals surface area contributed by atoms with Crippen LogP contribution in [0.15, 0.2) is 36.5 Å². The van der Waals surface area contributed by atoms with E-state index in [2.05, 4.69) is 40.2 Å². The topological polar surface area (TPSA) is 62.5 Å².